The zero-order valence-electron chi connectivity index (χ0n) is 6.74. The number of rotatable bonds is 2. The highest BCUT2D eigenvalue weighted by Crippen LogP contribution is 2.43. The van der Waals surface area contributed by atoms with E-state index in [1.807, 2.05) is 0 Å². The van der Waals surface area contributed by atoms with Crippen molar-refractivity contribution in [1.82, 2.24) is 0 Å². The van der Waals surface area contributed by atoms with Crippen LogP contribution in [0.1, 0.15) is 6.92 Å². The molecule has 0 bridgehead atoms. The smallest absolute Gasteiger partial charge is 0.401 e. The molecule has 0 fully saturated rings. The molecule has 8 heteroatoms. The summed E-state index contributed by atoms with van der Waals surface area (Å²) in [6.45, 7) is 0.307. The molecule has 0 amide bonds. The van der Waals surface area contributed by atoms with Gasteiger partial charge in [0.25, 0.3) is 0 Å². The van der Waals surface area contributed by atoms with E-state index < -0.39 is 30.2 Å². The van der Waals surface area contributed by atoms with Gasteiger partial charge in [-0.05, 0) is 0 Å². The van der Waals surface area contributed by atoms with Crippen LogP contribution < -0.4 is 5.11 Å². The van der Waals surface area contributed by atoms with E-state index in [1.54, 1.807) is 0 Å². The molecule has 0 radical (unpaired) electrons. The SMILES string of the molecule is CC(C(=O)[O-])C(C(F)(F)F)C(F)(F)F. The summed E-state index contributed by atoms with van der Waals surface area (Å²) in [4.78, 5) is 9.92. The second-order valence-electron chi connectivity index (χ2n) is 2.67. The molecule has 1 atom stereocenters. The second-order valence-corrected chi connectivity index (χ2v) is 2.67. The summed E-state index contributed by atoms with van der Waals surface area (Å²) >= 11 is 0. The highest BCUT2D eigenvalue weighted by Gasteiger charge is 2.59. The Balaban J connectivity index is 5.03. The largest absolute Gasteiger partial charge is 0.550 e. The van der Waals surface area contributed by atoms with Gasteiger partial charge in [-0.2, -0.15) is 26.3 Å². The molecule has 0 rings (SSSR count). The van der Waals surface area contributed by atoms with Crippen LogP contribution in [-0.2, 0) is 4.79 Å². The van der Waals surface area contributed by atoms with Crippen LogP contribution in [0.3, 0.4) is 0 Å². The Morgan fingerprint density at radius 1 is 1.07 bits per heavy atom. The normalized spacial score (nSPS) is 15.7. The zero-order chi connectivity index (χ0) is 11.7. The van der Waals surface area contributed by atoms with E-state index >= 15 is 0 Å². The molecule has 0 saturated carbocycles. The third-order valence-electron chi connectivity index (χ3n) is 1.58. The number of alkyl halides is 6. The molecule has 0 aromatic carbocycles. The summed E-state index contributed by atoms with van der Waals surface area (Å²) in [5.74, 6) is -8.93. The summed E-state index contributed by atoms with van der Waals surface area (Å²) in [7, 11) is 0. The predicted octanol–water partition coefficient (Wildman–Crippen LogP) is 1.11. The third-order valence-corrected chi connectivity index (χ3v) is 1.58. The van der Waals surface area contributed by atoms with Crippen molar-refractivity contribution >= 4 is 5.97 Å². The van der Waals surface area contributed by atoms with E-state index in [2.05, 4.69) is 0 Å². The summed E-state index contributed by atoms with van der Waals surface area (Å²) in [5.41, 5.74) is 0. The first-order valence-corrected chi connectivity index (χ1v) is 3.32. The molecule has 2 nitrogen and oxygen atoms in total. The van der Waals surface area contributed by atoms with Crippen molar-refractivity contribution in [2.75, 3.05) is 0 Å². The molecule has 0 aromatic heterocycles. The number of carboxylic acids is 1. The molecule has 0 aliphatic rings. The first-order chi connectivity index (χ1) is 5.98. The molecule has 1 unspecified atom stereocenters. The van der Waals surface area contributed by atoms with Gasteiger partial charge in [-0.1, -0.05) is 6.92 Å². The van der Waals surface area contributed by atoms with Gasteiger partial charge in [0.2, 0.25) is 0 Å². The molecule has 0 heterocycles. The monoisotopic (exact) mass is 223 g/mol. The van der Waals surface area contributed by atoms with Gasteiger partial charge >= 0.3 is 12.4 Å². The highest BCUT2D eigenvalue weighted by atomic mass is 19.4. The lowest BCUT2D eigenvalue weighted by Gasteiger charge is -2.28. The van der Waals surface area contributed by atoms with Gasteiger partial charge in [-0.3, -0.25) is 0 Å². The first-order valence-electron chi connectivity index (χ1n) is 3.32. The van der Waals surface area contributed by atoms with Crippen LogP contribution in [0, 0.1) is 11.8 Å². The van der Waals surface area contributed by atoms with Crippen molar-refractivity contribution < 1.29 is 36.2 Å². The Bertz CT molecular complexity index is 203. The van der Waals surface area contributed by atoms with Crippen LogP contribution in [0.4, 0.5) is 26.3 Å². The Labute approximate surface area is 74.5 Å². The van der Waals surface area contributed by atoms with Gasteiger partial charge < -0.3 is 9.90 Å². The van der Waals surface area contributed by atoms with E-state index in [1.165, 1.54) is 0 Å². The molecule has 0 N–H and O–H groups in total. The van der Waals surface area contributed by atoms with Crippen LogP contribution in [0.5, 0.6) is 0 Å². The van der Waals surface area contributed by atoms with Gasteiger partial charge in [0.1, 0.15) is 0 Å². The zero-order valence-corrected chi connectivity index (χ0v) is 6.74. The van der Waals surface area contributed by atoms with Gasteiger partial charge in [-0.25, -0.2) is 0 Å². The maximum atomic E-state index is 11.8. The summed E-state index contributed by atoms with van der Waals surface area (Å²) in [6.07, 6.45) is -11.3. The van der Waals surface area contributed by atoms with E-state index in [4.69, 9.17) is 0 Å². The highest BCUT2D eigenvalue weighted by molar-refractivity contribution is 5.67. The van der Waals surface area contributed by atoms with Crippen LogP contribution in [-0.4, -0.2) is 18.3 Å². The quantitative estimate of drug-likeness (QED) is 0.658. The summed E-state index contributed by atoms with van der Waals surface area (Å²) < 4.78 is 70.9. The fraction of sp³-hybridized carbons (Fsp3) is 0.833. The van der Waals surface area contributed by atoms with Crippen LogP contribution in [0.25, 0.3) is 0 Å². The van der Waals surface area contributed by atoms with E-state index in [0.29, 0.717) is 6.92 Å². The number of halogens is 6. The Kier molecular flexibility index (Phi) is 3.41. The Hall–Kier alpha value is -0.950. The molecular weight excluding hydrogens is 218 g/mol. The van der Waals surface area contributed by atoms with Crippen molar-refractivity contribution in [3.05, 3.63) is 0 Å². The fourth-order valence-electron chi connectivity index (χ4n) is 0.889. The van der Waals surface area contributed by atoms with Crippen molar-refractivity contribution in [3.63, 3.8) is 0 Å². The number of hydrogen-bond acceptors (Lipinski definition) is 2. The number of carbonyl (C=O) groups is 1. The topological polar surface area (TPSA) is 40.1 Å². The molecule has 14 heavy (non-hydrogen) atoms. The standard InChI is InChI=1S/C6H6F6O2/c1-2(4(13)14)3(5(7,8)9)6(10,11)12/h2-3H,1H3,(H,13,14)/p-1. The molecule has 0 aliphatic carbocycles. The lowest BCUT2D eigenvalue weighted by atomic mass is 9.93. The summed E-state index contributed by atoms with van der Waals surface area (Å²) in [6, 6.07) is 0. The third kappa shape index (κ3) is 3.08. The average molecular weight is 223 g/mol. The molecular formula is C6H5F6O2-. The number of carboxylic acid groups (broad SMARTS) is 1. The first kappa shape index (κ1) is 13.0. The van der Waals surface area contributed by atoms with Gasteiger partial charge in [0.05, 0.1) is 0 Å². The number of aliphatic carboxylic acids is 1. The second kappa shape index (κ2) is 3.66. The maximum absolute atomic E-state index is 11.8. The van der Waals surface area contributed by atoms with E-state index in [9.17, 15) is 36.2 Å². The number of carbonyl (C=O) groups excluding carboxylic acids is 1. The van der Waals surface area contributed by atoms with Crippen molar-refractivity contribution in [2.45, 2.75) is 19.3 Å². The van der Waals surface area contributed by atoms with Gasteiger partial charge in [0.15, 0.2) is 5.92 Å². The average Bonchev–Trinajstić information content (AvgIpc) is 1.79. The lowest BCUT2D eigenvalue weighted by molar-refractivity contribution is -0.338. The van der Waals surface area contributed by atoms with Crippen LogP contribution >= 0.6 is 0 Å². The molecule has 84 valence electrons. The minimum Gasteiger partial charge on any atom is -0.550 e. The van der Waals surface area contributed by atoms with E-state index in [0.717, 1.165) is 0 Å². The van der Waals surface area contributed by atoms with Crippen molar-refractivity contribution in [1.29, 1.82) is 0 Å². The molecule has 0 spiro atoms. The lowest BCUT2D eigenvalue weighted by Crippen LogP contribution is -2.47. The maximum Gasteiger partial charge on any atom is 0.401 e. The predicted molar refractivity (Wildman–Crippen MR) is 29.8 cm³/mol. The van der Waals surface area contributed by atoms with Crippen molar-refractivity contribution in [2.24, 2.45) is 11.8 Å². The van der Waals surface area contributed by atoms with Crippen LogP contribution in [0.15, 0.2) is 0 Å². The Morgan fingerprint density at radius 3 is 1.43 bits per heavy atom. The van der Waals surface area contributed by atoms with Gasteiger partial charge in [0, 0.05) is 11.9 Å². The molecule has 0 aromatic rings. The fourth-order valence-corrected chi connectivity index (χ4v) is 0.889. The van der Waals surface area contributed by atoms with Gasteiger partial charge in [-0.15, -0.1) is 0 Å². The Morgan fingerprint density at radius 2 is 1.36 bits per heavy atom. The summed E-state index contributed by atoms with van der Waals surface area (Å²) in [5, 5.41) is 9.92. The minimum absolute atomic E-state index is 0.307. The molecule has 0 aliphatic heterocycles. The minimum atomic E-state index is -5.64. The van der Waals surface area contributed by atoms with Crippen LogP contribution in [0.2, 0.25) is 0 Å². The molecule has 0 saturated heterocycles. The van der Waals surface area contributed by atoms with E-state index in [-0.39, 0.29) is 0 Å². The number of hydrogen-bond donors (Lipinski definition) is 0. The van der Waals surface area contributed by atoms with Crippen molar-refractivity contribution in [3.8, 4) is 0 Å².